The third-order valence-corrected chi connectivity index (χ3v) is 4.64. The number of benzene rings is 1. The number of amides is 3. The van der Waals surface area contributed by atoms with E-state index in [0.29, 0.717) is 22.3 Å². The molecule has 2 aromatic heterocycles. The fourth-order valence-electron chi connectivity index (χ4n) is 2.18. The van der Waals surface area contributed by atoms with Crippen LogP contribution in [-0.4, -0.2) is 33.9 Å². The van der Waals surface area contributed by atoms with Gasteiger partial charge in [-0.25, -0.2) is 9.47 Å². The van der Waals surface area contributed by atoms with Crippen molar-refractivity contribution in [3.05, 3.63) is 54.3 Å². The van der Waals surface area contributed by atoms with E-state index >= 15 is 0 Å². The predicted molar refractivity (Wildman–Crippen MR) is 95.5 cm³/mol. The SMILES string of the molecule is CNC(=O)NC(=O)[C@@H](Sc1nnc(-c2ccco2)n1N)c1ccccc1. The van der Waals surface area contributed by atoms with Crippen LogP contribution < -0.4 is 16.5 Å². The van der Waals surface area contributed by atoms with Crippen LogP contribution in [-0.2, 0) is 4.79 Å². The first-order chi connectivity index (χ1) is 12.6. The number of carbonyl (C=O) groups excluding carboxylic acids is 2. The number of thioether (sulfide) groups is 1. The standard InChI is InChI=1S/C16H16N6O3S/c1-18-15(24)19-14(23)12(10-6-3-2-4-7-10)26-16-21-20-13(22(16)17)11-8-5-9-25-11/h2-9,12H,17H2,1H3,(H2,18,19,23,24)/t12-/m0/s1. The molecule has 1 atom stereocenters. The van der Waals surface area contributed by atoms with E-state index in [4.69, 9.17) is 10.3 Å². The van der Waals surface area contributed by atoms with Gasteiger partial charge in [0.25, 0.3) is 0 Å². The molecule has 0 spiro atoms. The Kier molecular flexibility index (Phi) is 5.23. The first kappa shape index (κ1) is 17.5. The van der Waals surface area contributed by atoms with Gasteiger partial charge in [0.05, 0.1) is 6.26 Å². The Morgan fingerprint density at radius 1 is 1.19 bits per heavy atom. The minimum absolute atomic E-state index is 0.303. The highest BCUT2D eigenvalue weighted by Crippen LogP contribution is 2.35. The highest BCUT2D eigenvalue weighted by atomic mass is 32.2. The van der Waals surface area contributed by atoms with E-state index in [1.54, 1.807) is 36.4 Å². The van der Waals surface area contributed by atoms with E-state index in [1.165, 1.54) is 18.0 Å². The number of urea groups is 1. The number of nitrogens with one attached hydrogen (secondary N) is 2. The lowest BCUT2D eigenvalue weighted by Gasteiger charge is -2.15. The van der Waals surface area contributed by atoms with Crippen molar-refractivity contribution in [3.63, 3.8) is 0 Å². The van der Waals surface area contributed by atoms with Crippen LogP contribution >= 0.6 is 11.8 Å². The first-order valence-electron chi connectivity index (χ1n) is 7.58. The van der Waals surface area contributed by atoms with Gasteiger partial charge in [-0.05, 0) is 17.7 Å². The minimum Gasteiger partial charge on any atom is -0.461 e. The summed E-state index contributed by atoms with van der Waals surface area (Å²) in [5, 5.41) is 12.2. The molecule has 1 aromatic carbocycles. The molecule has 4 N–H and O–H groups in total. The van der Waals surface area contributed by atoms with Crippen molar-refractivity contribution in [2.75, 3.05) is 12.9 Å². The topological polar surface area (TPSA) is 128 Å². The molecule has 0 saturated heterocycles. The number of aromatic nitrogens is 3. The number of nitrogens with two attached hydrogens (primary N) is 1. The zero-order chi connectivity index (χ0) is 18.5. The third-order valence-electron chi connectivity index (χ3n) is 3.43. The second kappa shape index (κ2) is 7.74. The average Bonchev–Trinajstić information content (AvgIpc) is 3.30. The summed E-state index contributed by atoms with van der Waals surface area (Å²) in [4.78, 5) is 24.1. The third kappa shape index (κ3) is 3.70. The van der Waals surface area contributed by atoms with Crippen molar-refractivity contribution in [2.45, 2.75) is 10.4 Å². The van der Waals surface area contributed by atoms with Gasteiger partial charge in [0.15, 0.2) is 5.76 Å². The number of furan rings is 1. The molecular weight excluding hydrogens is 356 g/mol. The second-order valence-corrected chi connectivity index (χ2v) is 6.20. The first-order valence-corrected chi connectivity index (χ1v) is 8.46. The van der Waals surface area contributed by atoms with E-state index in [0.717, 1.165) is 11.8 Å². The smallest absolute Gasteiger partial charge is 0.321 e. The van der Waals surface area contributed by atoms with Crippen molar-refractivity contribution in [3.8, 4) is 11.6 Å². The van der Waals surface area contributed by atoms with E-state index in [9.17, 15) is 9.59 Å². The van der Waals surface area contributed by atoms with Crippen LogP contribution in [0.3, 0.4) is 0 Å². The van der Waals surface area contributed by atoms with Crippen molar-refractivity contribution < 1.29 is 14.0 Å². The van der Waals surface area contributed by atoms with Crippen LogP contribution in [0.2, 0.25) is 0 Å². The molecule has 0 aliphatic heterocycles. The van der Waals surface area contributed by atoms with E-state index in [1.807, 2.05) is 6.07 Å². The van der Waals surface area contributed by atoms with Gasteiger partial charge in [-0.2, -0.15) is 0 Å². The normalized spacial score (nSPS) is 11.7. The fourth-order valence-corrected chi connectivity index (χ4v) is 3.14. The molecule has 3 rings (SSSR count). The molecule has 10 heteroatoms. The lowest BCUT2D eigenvalue weighted by atomic mass is 10.1. The van der Waals surface area contributed by atoms with Crippen molar-refractivity contribution in [1.29, 1.82) is 0 Å². The van der Waals surface area contributed by atoms with Gasteiger partial charge >= 0.3 is 6.03 Å². The number of nitrogens with zero attached hydrogens (tertiary/aromatic N) is 3. The highest BCUT2D eigenvalue weighted by Gasteiger charge is 2.27. The van der Waals surface area contributed by atoms with Crippen molar-refractivity contribution in [1.82, 2.24) is 25.5 Å². The Hall–Kier alpha value is -3.27. The molecule has 0 radical (unpaired) electrons. The summed E-state index contributed by atoms with van der Waals surface area (Å²) >= 11 is 1.08. The van der Waals surface area contributed by atoms with E-state index < -0.39 is 17.2 Å². The zero-order valence-electron chi connectivity index (χ0n) is 13.7. The van der Waals surface area contributed by atoms with Crippen LogP contribution in [0.4, 0.5) is 4.79 Å². The molecular formula is C16H16N6O3S. The molecule has 0 fully saturated rings. The van der Waals surface area contributed by atoms with Crippen molar-refractivity contribution >= 4 is 23.7 Å². The summed E-state index contributed by atoms with van der Waals surface area (Å²) in [7, 11) is 1.43. The molecule has 2 heterocycles. The molecule has 0 unspecified atom stereocenters. The van der Waals surface area contributed by atoms with Gasteiger partial charge in [0.1, 0.15) is 5.25 Å². The summed E-state index contributed by atoms with van der Waals surface area (Å²) < 4.78 is 6.52. The molecule has 0 bridgehead atoms. The van der Waals surface area contributed by atoms with Crippen LogP contribution in [0.1, 0.15) is 10.8 Å². The van der Waals surface area contributed by atoms with Gasteiger partial charge in [-0.15, -0.1) is 10.2 Å². The largest absolute Gasteiger partial charge is 0.461 e. The van der Waals surface area contributed by atoms with Gasteiger partial charge in [-0.3, -0.25) is 10.1 Å². The van der Waals surface area contributed by atoms with Crippen LogP contribution in [0.25, 0.3) is 11.6 Å². The van der Waals surface area contributed by atoms with Gasteiger partial charge in [0.2, 0.25) is 16.9 Å². The summed E-state index contributed by atoms with van der Waals surface area (Å²) in [6.45, 7) is 0. The number of rotatable bonds is 5. The molecule has 0 aliphatic carbocycles. The monoisotopic (exact) mass is 372 g/mol. The van der Waals surface area contributed by atoms with Crippen LogP contribution in [0.5, 0.6) is 0 Å². The van der Waals surface area contributed by atoms with Crippen LogP contribution in [0.15, 0.2) is 58.3 Å². The highest BCUT2D eigenvalue weighted by molar-refractivity contribution is 8.00. The summed E-state index contributed by atoms with van der Waals surface area (Å²) in [6.07, 6.45) is 1.50. The number of carbonyl (C=O) groups is 2. The molecule has 0 aliphatic rings. The maximum atomic E-state index is 12.6. The second-order valence-electron chi connectivity index (χ2n) is 5.13. The lowest BCUT2D eigenvalue weighted by Crippen LogP contribution is -2.39. The Morgan fingerprint density at radius 3 is 2.62 bits per heavy atom. The summed E-state index contributed by atoms with van der Waals surface area (Å²) in [5.41, 5.74) is 0.696. The molecule has 3 aromatic rings. The Bertz CT molecular complexity index is 894. The van der Waals surface area contributed by atoms with E-state index in [-0.39, 0.29) is 0 Å². The van der Waals surface area contributed by atoms with Crippen molar-refractivity contribution in [2.24, 2.45) is 0 Å². The van der Waals surface area contributed by atoms with Gasteiger partial charge < -0.3 is 15.6 Å². The Balaban J connectivity index is 1.89. The van der Waals surface area contributed by atoms with Gasteiger partial charge in [0, 0.05) is 7.05 Å². The Morgan fingerprint density at radius 2 is 1.96 bits per heavy atom. The molecule has 134 valence electrons. The molecule has 9 nitrogen and oxygen atoms in total. The minimum atomic E-state index is -0.746. The van der Waals surface area contributed by atoms with Crippen LogP contribution in [0, 0.1) is 0 Å². The number of imide groups is 1. The summed E-state index contributed by atoms with van der Waals surface area (Å²) in [5.74, 6) is 6.34. The molecule has 0 saturated carbocycles. The maximum Gasteiger partial charge on any atom is 0.321 e. The quantitative estimate of drug-likeness (QED) is 0.458. The predicted octanol–water partition coefficient (Wildman–Crippen LogP) is 1.54. The Labute approximate surface area is 152 Å². The zero-order valence-corrected chi connectivity index (χ0v) is 14.6. The molecule has 3 amide bonds. The number of hydrogen-bond acceptors (Lipinski definition) is 7. The summed E-state index contributed by atoms with van der Waals surface area (Å²) in [6, 6.07) is 11.8. The average molecular weight is 372 g/mol. The number of hydrogen-bond donors (Lipinski definition) is 3. The fraction of sp³-hybridized carbons (Fsp3) is 0.125. The van der Waals surface area contributed by atoms with Gasteiger partial charge in [-0.1, -0.05) is 42.1 Å². The number of nitrogen functional groups attached to an aromatic ring is 1. The van der Waals surface area contributed by atoms with E-state index in [2.05, 4.69) is 20.8 Å². The lowest BCUT2D eigenvalue weighted by molar-refractivity contribution is -0.119. The molecule has 26 heavy (non-hydrogen) atoms. The maximum absolute atomic E-state index is 12.6.